The van der Waals surface area contributed by atoms with Gasteiger partial charge in [-0.25, -0.2) is 4.99 Å². The molecular formula is C12H23N5. The van der Waals surface area contributed by atoms with Gasteiger partial charge in [0.1, 0.15) is 0 Å². The second kappa shape index (κ2) is 5.21. The van der Waals surface area contributed by atoms with Crippen molar-refractivity contribution in [2.24, 2.45) is 12.0 Å². The molecule has 0 saturated carbocycles. The maximum absolute atomic E-state index is 4.64. The van der Waals surface area contributed by atoms with Crippen molar-refractivity contribution in [2.75, 3.05) is 28.2 Å². The Balaban J connectivity index is 2.95. The molecule has 96 valence electrons. The first kappa shape index (κ1) is 13.5. The van der Waals surface area contributed by atoms with Gasteiger partial charge in [-0.2, -0.15) is 5.10 Å². The van der Waals surface area contributed by atoms with E-state index in [2.05, 4.69) is 17.0 Å². The molecule has 1 aromatic rings. The third kappa shape index (κ3) is 2.99. The first-order valence-electron chi connectivity index (χ1n) is 5.72. The summed E-state index contributed by atoms with van der Waals surface area (Å²) in [6, 6.07) is 0. The minimum absolute atomic E-state index is 0.678. The average molecular weight is 237 g/mol. The van der Waals surface area contributed by atoms with Crippen molar-refractivity contribution >= 4 is 5.96 Å². The zero-order valence-electron chi connectivity index (χ0n) is 11.9. The number of aliphatic imine (C=N–C) groups is 1. The van der Waals surface area contributed by atoms with Gasteiger partial charge in [0.15, 0.2) is 5.96 Å². The van der Waals surface area contributed by atoms with Gasteiger partial charge in [0.2, 0.25) is 0 Å². The number of aromatic nitrogens is 2. The minimum atomic E-state index is 0.678. The van der Waals surface area contributed by atoms with Crippen LogP contribution >= 0.6 is 0 Å². The van der Waals surface area contributed by atoms with Crippen molar-refractivity contribution in [1.82, 2.24) is 19.6 Å². The predicted octanol–water partition coefficient (Wildman–Crippen LogP) is 1.02. The Morgan fingerprint density at radius 1 is 1.18 bits per heavy atom. The molecular weight excluding hydrogens is 214 g/mol. The largest absolute Gasteiger partial charge is 0.349 e. The fourth-order valence-corrected chi connectivity index (χ4v) is 1.88. The highest BCUT2D eigenvalue weighted by Gasteiger charge is 2.10. The van der Waals surface area contributed by atoms with Crippen LogP contribution in [0.3, 0.4) is 0 Å². The van der Waals surface area contributed by atoms with Gasteiger partial charge >= 0.3 is 0 Å². The highest BCUT2D eigenvalue weighted by molar-refractivity contribution is 5.79. The van der Waals surface area contributed by atoms with E-state index in [1.165, 1.54) is 11.3 Å². The van der Waals surface area contributed by atoms with Gasteiger partial charge in [-0.1, -0.05) is 0 Å². The molecule has 0 amide bonds. The second-order valence-corrected chi connectivity index (χ2v) is 4.68. The number of rotatable bonds is 2. The Morgan fingerprint density at radius 3 is 2.06 bits per heavy atom. The Kier molecular flexibility index (Phi) is 4.15. The van der Waals surface area contributed by atoms with Gasteiger partial charge in [-0.15, -0.1) is 0 Å². The highest BCUT2D eigenvalue weighted by Crippen LogP contribution is 2.13. The van der Waals surface area contributed by atoms with Crippen LogP contribution in [0.4, 0.5) is 0 Å². The molecule has 1 aromatic heterocycles. The van der Waals surface area contributed by atoms with Gasteiger partial charge < -0.3 is 9.80 Å². The quantitative estimate of drug-likeness (QED) is 0.569. The lowest BCUT2D eigenvalue weighted by Gasteiger charge is -2.22. The summed E-state index contributed by atoms with van der Waals surface area (Å²) in [7, 11) is 9.97. The fraction of sp³-hybridized carbons (Fsp3) is 0.667. The highest BCUT2D eigenvalue weighted by atomic mass is 15.3. The number of aryl methyl sites for hydroxylation is 2. The monoisotopic (exact) mass is 237 g/mol. The molecule has 1 heterocycles. The molecule has 0 aliphatic carbocycles. The van der Waals surface area contributed by atoms with Crippen LogP contribution in [0.15, 0.2) is 4.99 Å². The van der Waals surface area contributed by atoms with Gasteiger partial charge in [-0.3, -0.25) is 4.68 Å². The van der Waals surface area contributed by atoms with Crippen molar-refractivity contribution in [3.8, 4) is 0 Å². The summed E-state index contributed by atoms with van der Waals surface area (Å²) >= 11 is 0. The molecule has 0 spiro atoms. The van der Waals surface area contributed by atoms with E-state index in [-0.39, 0.29) is 0 Å². The second-order valence-electron chi connectivity index (χ2n) is 4.68. The maximum Gasteiger partial charge on any atom is 0.195 e. The van der Waals surface area contributed by atoms with Crippen LogP contribution in [-0.2, 0) is 13.6 Å². The van der Waals surface area contributed by atoms with Crippen LogP contribution in [0.25, 0.3) is 0 Å². The van der Waals surface area contributed by atoms with Crippen molar-refractivity contribution in [3.63, 3.8) is 0 Å². The third-order valence-electron chi connectivity index (χ3n) is 2.84. The average Bonchev–Trinajstić information content (AvgIpc) is 2.43. The van der Waals surface area contributed by atoms with Crippen molar-refractivity contribution in [3.05, 3.63) is 17.0 Å². The fourth-order valence-electron chi connectivity index (χ4n) is 1.88. The summed E-state index contributed by atoms with van der Waals surface area (Å²) in [6.07, 6.45) is 0. The van der Waals surface area contributed by atoms with Gasteiger partial charge in [0.05, 0.1) is 12.2 Å². The van der Waals surface area contributed by atoms with Crippen LogP contribution in [0.5, 0.6) is 0 Å². The molecule has 0 fully saturated rings. The third-order valence-corrected chi connectivity index (χ3v) is 2.84. The van der Waals surface area contributed by atoms with E-state index < -0.39 is 0 Å². The Labute approximate surface area is 104 Å². The molecule has 1 rings (SSSR count). The molecule has 5 nitrogen and oxygen atoms in total. The first-order valence-corrected chi connectivity index (χ1v) is 5.72. The van der Waals surface area contributed by atoms with Crippen molar-refractivity contribution in [2.45, 2.75) is 20.4 Å². The van der Waals surface area contributed by atoms with Gasteiger partial charge in [-0.05, 0) is 13.8 Å². The minimum Gasteiger partial charge on any atom is -0.349 e. The number of nitrogens with zero attached hydrogens (tertiary/aromatic N) is 5. The molecule has 0 unspecified atom stereocenters. The van der Waals surface area contributed by atoms with Crippen LogP contribution in [0.1, 0.15) is 17.0 Å². The molecule has 0 aliphatic rings. The topological polar surface area (TPSA) is 36.7 Å². The summed E-state index contributed by atoms with van der Waals surface area (Å²) in [5.74, 6) is 0.965. The molecule has 0 bridgehead atoms. The zero-order chi connectivity index (χ0) is 13.2. The molecule has 0 atom stereocenters. The van der Waals surface area contributed by atoms with E-state index in [4.69, 9.17) is 0 Å². The smallest absolute Gasteiger partial charge is 0.195 e. The van der Waals surface area contributed by atoms with E-state index >= 15 is 0 Å². The molecule has 0 N–H and O–H groups in total. The summed E-state index contributed by atoms with van der Waals surface area (Å²) in [6.45, 7) is 4.79. The predicted molar refractivity (Wildman–Crippen MR) is 71.2 cm³/mol. The van der Waals surface area contributed by atoms with E-state index in [1.807, 2.05) is 56.6 Å². The Bertz CT molecular complexity index is 405. The standard InChI is InChI=1S/C12H23N5/c1-9-11(10(2)17(7)14-9)8-13-12(15(3)4)16(5)6/h8H2,1-7H3. The summed E-state index contributed by atoms with van der Waals surface area (Å²) in [5, 5.41) is 4.40. The number of guanidine groups is 1. The molecule has 0 radical (unpaired) electrons. The lowest BCUT2D eigenvalue weighted by atomic mass is 10.2. The molecule has 5 heteroatoms. The van der Waals surface area contributed by atoms with E-state index in [9.17, 15) is 0 Å². The van der Waals surface area contributed by atoms with Crippen LogP contribution in [-0.4, -0.2) is 53.7 Å². The van der Waals surface area contributed by atoms with Crippen LogP contribution < -0.4 is 0 Å². The lowest BCUT2D eigenvalue weighted by Crippen LogP contribution is -2.35. The normalized spacial score (nSPS) is 10.3. The van der Waals surface area contributed by atoms with Crippen LogP contribution in [0.2, 0.25) is 0 Å². The molecule has 0 saturated heterocycles. The Morgan fingerprint density at radius 2 is 1.71 bits per heavy atom. The summed E-state index contributed by atoms with van der Waals surface area (Å²) < 4.78 is 1.91. The number of hydrogen-bond acceptors (Lipinski definition) is 2. The SMILES string of the molecule is Cc1nn(C)c(C)c1CN=C(N(C)C)N(C)C. The lowest BCUT2D eigenvalue weighted by molar-refractivity contribution is 0.479. The van der Waals surface area contributed by atoms with E-state index in [0.717, 1.165) is 11.7 Å². The van der Waals surface area contributed by atoms with Gasteiger partial charge in [0, 0.05) is 46.5 Å². The van der Waals surface area contributed by atoms with E-state index in [0.29, 0.717) is 6.54 Å². The van der Waals surface area contributed by atoms with Gasteiger partial charge in [0.25, 0.3) is 0 Å². The molecule has 0 aliphatic heterocycles. The number of hydrogen-bond donors (Lipinski definition) is 0. The van der Waals surface area contributed by atoms with Crippen LogP contribution in [0, 0.1) is 13.8 Å². The molecule has 17 heavy (non-hydrogen) atoms. The first-order chi connectivity index (χ1) is 7.84. The maximum atomic E-state index is 4.64. The molecule has 0 aromatic carbocycles. The van der Waals surface area contributed by atoms with Crippen molar-refractivity contribution in [1.29, 1.82) is 0 Å². The summed E-state index contributed by atoms with van der Waals surface area (Å²) in [5.41, 5.74) is 3.46. The van der Waals surface area contributed by atoms with E-state index in [1.54, 1.807) is 0 Å². The Hall–Kier alpha value is -1.52. The van der Waals surface area contributed by atoms with Crippen molar-refractivity contribution < 1.29 is 0 Å². The zero-order valence-corrected chi connectivity index (χ0v) is 11.9. The summed E-state index contributed by atoms with van der Waals surface area (Å²) in [4.78, 5) is 8.67.